The van der Waals surface area contributed by atoms with Gasteiger partial charge in [0.25, 0.3) is 0 Å². The topological polar surface area (TPSA) is 47.6 Å². The summed E-state index contributed by atoms with van der Waals surface area (Å²) in [6.07, 6.45) is 0. The summed E-state index contributed by atoms with van der Waals surface area (Å²) in [4.78, 5) is 4.15. The SMILES string of the molecule is N#Cc1cc(Sc2ccccc2)c(Sc2ccccc2)cc1C#N. The molecule has 24 heavy (non-hydrogen) atoms. The lowest BCUT2D eigenvalue weighted by Crippen LogP contribution is -1.89. The van der Waals surface area contributed by atoms with E-state index in [1.165, 1.54) is 0 Å². The van der Waals surface area contributed by atoms with Gasteiger partial charge in [0, 0.05) is 19.6 Å². The molecule has 0 aliphatic carbocycles. The molecule has 3 aromatic rings. The molecular formula is C20H12N2S2. The Morgan fingerprint density at radius 2 is 0.958 bits per heavy atom. The predicted molar refractivity (Wildman–Crippen MR) is 97.0 cm³/mol. The van der Waals surface area contributed by atoms with Gasteiger partial charge in [-0.1, -0.05) is 59.9 Å². The molecule has 0 fully saturated rings. The van der Waals surface area contributed by atoms with Gasteiger partial charge in [0.2, 0.25) is 0 Å². The molecule has 0 radical (unpaired) electrons. The van der Waals surface area contributed by atoms with Gasteiger partial charge in [-0.05, 0) is 36.4 Å². The van der Waals surface area contributed by atoms with E-state index in [-0.39, 0.29) is 0 Å². The van der Waals surface area contributed by atoms with Gasteiger partial charge in [-0.25, -0.2) is 0 Å². The fraction of sp³-hybridized carbons (Fsp3) is 0. The van der Waals surface area contributed by atoms with Crippen LogP contribution in [-0.2, 0) is 0 Å². The van der Waals surface area contributed by atoms with Crippen LogP contribution in [0.15, 0.2) is 92.4 Å². The molecule has 0 bridgehead atoms. The Morgan fingerprint density at radius 1 is 0.583 bits per heavy atom. The Hall–Kier alpha value is -2.66. The van der Waals surface area contributed by atoms with E-state index in [9.17, 15) is 10.5 Å². The van der Waals surface area contributed by atoms with Crippen molar-refractivity contribution in [3.63, 3.8) is 0 Å². The largest absolute Gasteiger partial charge is 0.192 e. The van der Waals surface area contributed by atoms with Crippen LogP contribution in [0.3, 0.4) is 0 Å². The lowest BCUT2D eigenvalue weighted by atomic mass is 10.1. The van der Waals surface area contributed by atoms with Crippen molar-refractivity contribution in [1.29, 1.82) is 10.5 Å². The lowest BCUT2D eigenvalue weighted by Gasteiger charge is -2.11. The van der Waals surface area contributed by atoms with Gasteiger partial charge in [-0.2, -0.15) is 10.5 Å². The van der Waals surface area contributed by atoms with Crippen molar-refractivity contribution in [1.82, 2.24) is 0 Å². The van der Waals surface area contributed by atoms with Crippen molar-refractivity contribution in [3.05, 3.63) is 83.9 Å². The maximum absolute atomic E-state index is 9.30. The third-order valence-corrected chi connectivity index (χ3v) is 5.53. The van der Waals surface area contributed by atoms with Crippen molar-refractivity contribution < 1.29 is 0 Å². The highest BCUT2D eigenvalue weighted by Gasteiger charge is 2.12. The standard InChI is InChI=1S/C20H12N2S2/c21-13-15-11-19(23-17-7-3-1-4-8-17)20(12-16(15)14-22)24-18-9-5-2-6-10-18/h1-12H. The van der Waals surface area contributed by atoms with Crippen LogP contribution < -0.4 is 0 Å². The lowest BCUT2D eigenvalue weighted by molar-refractivity contribution is 1.20. The molecule has 0 amide bonds. The fourth-order valence-electron chi connectivity index (χ4n) is 2.14. The molecule has 0 atom stereocenters. The minimum atomic E-state index is 0.411. The highest BCUT2D eigenvalue weighted by Crippen LogP contribution is 2.40. The molecular weight excluding hydrogens is 332 g/mol. The molecule has 114 valence electrons. The maximum Gasteiger partial charge on any atom is 0.101 e. The van der Waals surface area contributed by atoms with Gasteiger partial charge >= 0.3 is 0 Å². The first-order valence-corrected chi connectivity index (χ1v) is 8.87. The number of hydrogen-bond acceptors (Lipinski definition) is 4. The molecule has 0 unspecified atom stereocenters. The highest BCUT2D eigenvalue weighted by atomic mass is 32.2. The first kappa shape index (κ1) is 16.2. The summed E-state index contributed by atoms with van der Waals surface area (Å²) in [6.45, 7) is 0. The van der Waals surface area contributed by atoms with E-state index in [1.54, 1.807) is 23.5 Å². The minimum absolute atomic E-state index is 0.411. The molecule has 3 aromatic carbocycles. The van der Waals surface area contributed by atoms with E-state index in [2.05, 4.69) is 12.1 Å². The van der Waals surface area contributed by atoms with Crippen LogP contribution in [0.1, 0.15) is 11.1 Å². The Morgan fingerprint density at radius 3 is 1.29 bits per heavy atom. The van der Waals surface area contributed by atoms with Crippen LogP contribution in [0.25, 0.3) is 0 Å². The Balaban J connectivity index is 2.04. The van der Waals surface area contributed by atoms with E-state index >= 15 is 0 Å². The van der Waals surface area contributed by atoms with Crippen molar-refractivity contribution in [2.45, 2.75) is 19.6 Å². The zero-order chi connectivity index (χ0) is 16.8. The van der Waals surface area contributed by atoms with Crippen molar-refractivity contribution in [3.8, 4) is 12.1 Å². The van der Waals surface area contributed by atoms with Crippen LogP contribution in [-0.4, -0.2) is 0 Å². The molecule has 0 saturated heterocycles. The molecule has 0 saturated carbocycles. The average Bonchev–Trinajstić information content (AvgIpc) is 2.64. The molecule has 2 nitrogen and oxygen atoms in total. The Labute approximate surface area is 149 Å². The van der Waals surface area contributed by atoms with Gasteiger partial charge in [0.1, 0.15) is 12.1 Å². The van der Waals surface area contributed by atoms with E-state index in [0.29, 0.717) is 11.1 Å². The summed E-state index contributed by atoms with van der Waals surface area (Å²) < 4.78 is 0. The summed E-state index contributed by atoms with van der Waals surface area (Å²) in [6, 6.07) is 27.9. The minimum Gasteiger partial charge on any atom is -0.192 e. The van der Waals surface area contributed by atoms with E-state index in [1.807, 2.05) is 72.8 Å². The predicted octanol–water partition coefficient (Wildman–Crippen LogP) is 5.73. The third kappa shape index (κ3) is 3.81. The molecule has 0 aliphatic heterocycles. The number of nitrogens with zero attached hydrogens (tertiary/aromatic N) is 2. The molecule has 3 rings (SSSR count). The fourth-order valence-corrected chi connectivity index (χ4v) is 4.15. The van der Waals surface area contributed by atoms with Gasteiger partial charge in [-0.15, -0.1) is 0 Å². The Bertz CT molecular complexity index is 845. The van der Waals surface area contributed by atoms with Gasteiger partial charge < -0.3 is 0 Å². The van der Waals surface area contributed by atoms with Crippen LogP contribution in [0.2, 0.25) is 0 Å². The smallest absolute Gasteiger partial charge is 0.101 e. The molecule has 0 N–H and O–H groups in total. The van der Waals surface area contributed by atoms with E-state index < -0.39 is 0 Å². The van der Waals surface area contributed by atoms with E-state index in [0.717, 1.165) is 19.6 Å². The van der Waals surface area contributed by atoms with E-state index in [4.69, 9.17) is 0 Å². The normalized spacial score (nSPS) is 9.92. The first-order valence-electron chi connectivity index (χ1n) is 7.24. The molecule has 0 heterocycles. The average molecular weight is 344 g/mol. The molecule has 0 spiro atoms. The quantitative estimate of drug-likeness (QED) is 0.606. The van der Waals surface area contributed by atoms with Gasteiger partial charge in [-0.3, -0.25) is 0 Å². The maximum atomic E-state index is 9.30. The second-order valence-electron chi connectivity index (χ2n) is 4.90. The zero-order valence-electron chi connectivity index (χ0n) is 12.6. The summed E-state index contributed by atoms with van der Waals surface area (Å²) in [5.74, 6) is 0. The van der Waals surface area contributed by atoms with Crippen LogP contribution in [0, 0.1) is 22.7 Å². The third-order valence-electron chi connectivity index (χ3n) is 3.27. The Kier molecular flexibility index (Phi) is 5.23. The summed E-state index contributed by atoms with van der Waals surface area (Å²) in [5, 5.41) is 18.6. The number of benzene rings is 3. The number of rotatable bonds is 4. The summed E-state index contributed by atoms with van der Waals surface area (Å²) >= 11 is 3.20. The van der Waals surface area contributed by atoms with Gasteiger partial charge in [0.05, 0.1) is 11.1 Å². The monoisotopic (exact) mass is 344 g/mol. The van der Waals surface area contributed by atoms with Gasteiger partial charge in [0.15, 0.2) is 0 Å². The summed E-state index contributed by atoms with van der Waals surface area (Å²) in [7, 11) is 0. The number of nitriles is 2. The van der Waals surface area contributed by atoms with Crippen LogP contribution in [0.4, 0.5) is 0 Å². The molecule has 4 heteroatoms. The first-order chi connectivity index (χ1) is 11.8. The highest BCUT2D eigenvalue weighted by molar-refractivity contribution is 8.02. The second kappa shape index (κ2) is 7.75. The van der Waals surface area contributed by atoms with Crippen molar-refractivity contribution in [2.75, 3.05) is 0 Å². The van der Waals surface area contributed by atoms with Crippen molar-refractivity contribution >= 4 is 23.5 Å². The number of hydrogen-bond donors (Lipinski definition) is 0. The van der Waals surface area contributed by atoms with Crippen LogP contribution in [0.5, 0.6) is 0 Å². The summed E-state index contributed by atoms with van der Waals surface area (Å²) in [5.41, 5.74) is 0.821. The zero-order valence-corrected chi connectivity index (χ0v) is 14.3. The second-order valence-corrected chi connectivity index (χ2v) is 7.13. The molecule has 0 aliphatic rings. The van der Waals surface area contributed by atoms with Crippen molar-refractivity contribution in [2.24, 2.45) is 0 Å². The molecule has 0 aromatic heterocycles. The van der Waals surface area contributed by atoms with Crippen LogP contribution >= 0.6 is 23.5 Å².